The topological polar surface area (TPSA) is 96.5 Å². The van der Waals surface area contributed by atoms with E-state index in [0.717, 1.165) is 0 Å². The number of rotatable bonds is 3. The first kappa shape index (κ1) is 21.8. The molecule has 0 aromatic heterocycles. The molecule has 2 fully saturated rings. The smallest absolute Gasteiger partial charge is 0.410 e. The van der Waals surface area contributed by atoms with Gasteiger partial charge in [-0.3, -0.25) is 19.3 Å². The number of hydrogen-bond acceptors (Lipinski definition) is 7. The van der Waals surface area contributed by atoms with Gasteiger partial charge in [-0.05, 0) is 45.0 Å². The van der Waals surface area contributed by atoms with Crippen LogP contribution < -0.4 is 9.64 Å². The number of esters is 1. The maximum atomic E-state index is 13.0. The largest absolute Gasteiger partial charge is 0.444 e. The molecule has 1 atom stereocenters. The van der Waals surface area contributed by atoms with Crippen LogP contribution in [0.3, 0.4) is 0 Å². The Labute approximate surface area is 175 Å². The van der Waals surface area contributed by atoms with E-state index >= 15 is 0 Å². The molecular formula is C21H27N3O6. The fourth-order valence-electron chi connectivity index (χ4n) is 3.54. The number of carbonyl (C=O) groups excluding carboxylic acids is 4. The van der Waals surface area contributed by atoms with Gasteiger partial charge in [0.25, 0.3) is 5.91 Å². The minimum absolute atomic E-state index is 0.0942. The monoisotopic (exact) mass is 417 g/mol. The summed E-state index contributed by atoms with van der Waals surface area (Å²) in [5.41, 5.74) is -0.121. The lowest BCUT2D eigenvalue weighted by molar-refractivity contribution is -0.132. The van der Waals surface area contributed by atoms with E-state index in [0.29, 0.717) is 37.6 Å². The Morgan fingerprint density at radius 2 is 1.60 bits per heavy atom. The number of nitrogens with zero attached hydrogens (tertiary/aromatic N) is 3. The van der Waals surface area contributed by atoms with E-state index in [1.54, 1.807) is 29.2 Å². The molecule has 0 N–H and O–H groups in total. The summed E-state index contributed by atoms with van der Waals surface area (Å²) in [6.07, 6.45) is -0.276. The third kappa shape index (κ3) is 4.96. The van der Waals surface area contributed by atoms with Gasteiger partial charge in [0, 0.05) is 33.1 Å². The van der Waals surface area contributed by atoms with Crippen LogP contribution in [0.25, 0.3) is 0 Å². The first-order valence-corrected chi connectivity index (χ1v) is 9.92. The van der Waals surface area contributed by atoms with Crippen molar-refractivity contribution in [3.8, 4) is 5.75 Å². The van der Waals surface area contributed by atoms with Crippen LogP contribution in [0.2, 0.25) is 0 Å². The van der Waals surface area contributed by atoms with Crippen LogP contribution >= 0.6 is 0 Å². The van der Waals surface area contributed by atoms with E-state index < -0.39 is 17.6 Å². The first-order chi connectivity index (χ1) is 14.0. The van der Waals surface area contributed by atoms with Gasteiger partial charge in [0.05, 0.1) is 18.2 Å². The zero-order chi connectivity index (χ0) is 22.1. The van der Waals surface area contributed by atoms with Gasteiger partial charge in [-0.25, -0.2) is 9.69 Å². The third-order valence-electron chi connectivity index (χ3n) is 4.89. The van der Waals surface area contributed by atoms with Crippen molar-refractivity contribution in [3.05, 3.63) is 24.3 Å². The highest BCUT2D eigenvalue weighted by Crippen LogP contribution is 2.28. The third-order valence-corrected chi connectivity index (χ3v) is 4.89. The zero-order valence-electron chi connectivity index (χ0n) is 17.7. The van der Waals surface area contributed by atoms with E-state index in [1.165, 1.54) is 11.8 Å². The van der Waals surface area contributed by atoms with Crippen molar-refractivity contribution in [3.63, 3.8) is 0 Å². The lowest BCUT2D eigenvalue weighted by Gasteiger charge is -2.37. The standard InChI is InChI=1S/C21H27N3O6/c1-14(25)29-16-7-5-15(6-8-16)24-18(26)13-17(19(24)27)22-9-11-23(12-10-22)20(28)30-21(2,3)4/h5-8,17H,9-13H2,1-4H3/t17-/m0/s1. The number of amides is 3. The van der Waals surface area contributed by atoms with Gasteiger partial charge >= 0.3 is 12.1 Å². The number of imide groups is 1. The molecule has 162 valence electrons. The molecule has 0 aliphatic carbocycles. The Hall–Kier alpha value is -2.94. The molecule has 0 radical (unpaired) electrons. The highest BCUT2D eigenvalue weighted by atomic mass is 16.6. The second kappa shape index (κ2) is 8.43. The highest BCUT2D eigenvalue weighted by molar-refractivity contribution is 6.22. The summed E-state index contributed by atoms with van der Waals surface area (Å²) < 4.78 is 10.4. The summed E-state index contributed by atoms with van der Waals surface area (Å²) in [6.45, 7) is 8.60. The summed E-state index contributed by atoms with van der Waals surface area (Å²) in [5.74, 6) is -0.660. The van der Waals surface area contributed by atoms with Crippen LogP contribution in [-0.4, -0.2) is 71.5 Å². The fourth-order valence-corrected chi connectivity index (χ4v) is 3.54. The lowest BCUT2D eigenvalue weighted by atomic mass is 10.1. The maximum Gasteiger partial charge on any atom is 0.410 e. The maximum absolute atomic E-state index is 13.0. The molecule has 2 aliphatic rings. The quantitative estimate of drug-likeness (QED) is 0.420. The lowest BCUT2D eigenvalue weighted by Crippen LogP contribution is -2.54. The second-order valence-electron chi connectivity index (χ2n) is 8.38. The van der Waals surface area contributed by atoms with Crippen molar-refractivity contribution in [2.75, 3.05) is 31.1 Å². The molecule has 2 aliphatic heterocycles. The minimum Gasteiger partial charge on any atom is -0.444 e. The van der Waals surface area contributed by atoms with Crippen LogP contribution in [-0.2, 0) is 19.1 Å². The number of carbonyl (C=O) groups is 4. The fraction of sp³-hybridized carbons (Fsp3) is 0.524. The highest BCUT2D eigenvalue weighted by Gasteiger charge is 2.43. The van der Waals surface area contributed by atoms with E-state index in [2.05, 4.69) is 0 Å². The van der Waals surface area contributed by atoms with Crippen LogP contribution in [0, 0.1) is 0 Å². The average molecular weight is 417 g/mol. The van der Waals surface area contributed by atoms with Crippen molar-refractivity contribution in [1.29, 1.82) is 0 Å². The van der Waals surface area contributed by atoms with E-state index in [1.807, 2.05) is 25.7 Å². The summed E-state index contributed by atoms with van der Waals surface area (Å²) >= 11 is 0. The Bertz CT molecular complexity index is 837. The molecule has 0 bridgehead atoms. The molecular weight excluding hydrogens is 390 g/mol. The number of piperazine rings is 1. The molecule has 9 heteroatoms. The van der Waals surface area contributed by atoms with Gasteiger partial charge in [0.15, 0.2) is 0 Å². The normalized spacial score (nSPS) is 20.5. The molecule has 0 unspecified atom stereocenters. The average Bonchev–Trinajstić information content (AvgIpc) is 2.95. The molecule has 0 saturated carbocycles. The van der Waals surface area contributed by atoms with Crippen LogP contribution in [0.5, 0.6) is 5.75 Å². The summed E-state index contributed by atoms with van der Waals surface area (Å²) in [6, 6.07) is 5.70. The van der Waals surface area contributed by atoms with Gasteiger partial charge < -0.3 is 14.4 Å². The first-order valence-electron chi connectivity index (χ1n) is 9.92. The summed E-state index contributed by atoms with van der Waals surface area (Å²) in [5, 5.41) is 0. The van der Waals surface area contributed by atoms with Crippen molar-refractivity contribution < 1.29 is 28.7 Å². The van der Waals surface area contributed by atoms with Crippen molar-refractivity contribution in [2.45, 2.75) is 45.8 Å². The Morgan fingerprint density at radius 3 is 2.13 bits per heavy atom. The van der Waals surface area contributed by atoms with Gasteiger partial charge in [-0.2, -0.15) is 0 Å². The molecule has 3 rings (SSSR count). The van der Waals surface area contributed by atoms with Crippen molar-refractivity contribution >= 4 is 29.6 Å². The predicted molar refractivity (Wildman–Crippen MR) is 108 cm³/mol. The Balaban J connectivity index is 1.61. The molecule has 0 spiro atoms. The molecule has 2 saturated heterocycles. The minimum atomic E-state index is -0.562. The summed E-state index contributed by atoms with van der Waals surface area (Å²) in [4.78, 5) is 53.5. The Morgan fingerprint density at radius 1 is 1.00 bits per heavy atom. The summed E-state index contributed by atoms with van der Waals surface area (Å²) in [7, 11) is 0. The van der Waals surface area contributed by atoms with Gasteiger partial charge in [-0.1, -0.05) is 0 Å². The number of ether oxygens (including phenoxy) is 2. The van der Waals surface area contributed by atoms with Crippen LogP contribution in [0.1, 0.15) is 34.1 Å². The van der Waals surface area contributed by atoms with E-state index in [-0.39, 0.29) is 24.3 Å². The number of hydrogen-bond donors (Lipinski definition) is 0. The second-order valence-corrected chi connectivity index (χ2v) is 8.38. The van der Waals surface area contributed by atoms with Crippen molar-refractivity contribution in [2.24, 2.45) is 0 Å². The molecule has 3 amide bonds. The molecule has 30 heavy (non-hydrogen) atoms. The van der Waals surface area contributed by atoms with E-state index in [4.69, 9.17) is 9.47 Å². The SMILES string of the molecule is CC(=O)Oc1ccc(N2C(=O)C[C@H](N3CCN(C(=O)OC(C)(C)C)CC3)C2=O)cc1. The predicted octanol–water partition coefficient (Wildman–Crippen LogP) is 1.80. The van der Waals surface area contributed by atoms with Crippen LogP contribution in [0.4, 0.5) is 10.5 Å². The van der Waals surface area contributed by atoms with Crippen molar-refractivity contribution in [1.82, 2.24) is 9.80 Å². The molecule has 1 aromatic carbocycles. The zero-order valence-corrected chi connectivity index (χ0v) is 17.7. The van der Waals surface area contributed by atoms with Gasteiger partial charge in [0.2, 0.25) is 5.91 Å². The van der Waals surface area contributed by atoms with E-state index in [9.17, 15) is 19.2 Å². The van der Waals surface area contributed by atoms with Crippen LogP contribution in [0.15, 0.2) is 24.3 Å². The molecule has 1 aromatic rings. The van der Waals surface area contributed by atoms with Gasteiger partial charge in [-0.15, -0.1) is 0 Å². The number of benzene rings is 1. The van der Waals surface area contributed by atoms with Gasteiger partial charge in [0.1, 0.15) is 11.4 Å². The molecule has 2 heterocycles. The Kier molecular flexibility index (Phi) is 6.12. The number of anilines is 1. The molecule has 9 nitrogen and oxygen atoms in total.